The first-order valence-electron chi connectivity index (χ1n) is 7.87. The molecule has 1 unspecified atom stereocenters. The number of H-pyrrole nitrogens is 1. The Balaban J connectivity index is 1.95. The van der Waals surface area contributed by atoms with Gasteiger partial charge in [-0.3, -0.25) is 9.59 Å². The van der Waals surface area contributed by atoms with Gasteiger partial charge >= 0.3 is 5.97 Å². The number of amides is 1. The summed E-state index contributed by atoms with van der Waals surface area (Å²) in [7, 11) is 0. The summed E-state index contributed by atoms with van der Waals surface area (Å²) in [5.41, 5.74) is 2.24. The van der Waals surface area contributed by atoms with Crippen LogP contribution in [-0.4, -0.2) is 35.1 Å². The largest absolute Gasteiger partial charge is 0.494 e. The number of hydrogen-bond donors (Lipinski definition) is 3. The number of carbonyl (C=O) groups is 2. The minimum Gasteiger partial charge on any atom is -0.494 e. The number of ether oxygens (including phenoxy) is 1. The number of carboxylic acids is 1. The summed E-state index contributed by atoms with van der Waals surface area (Å²) in [4.78, 5) is 26.4. The number of rotatable bonds is 8. The second-order valence-corrected chi connectivity index (χ2v) is 5.58. The predicted molar refractivity (Wildman–Crippen MR) is 90.3 cm³/mol. The Bertz CT molecular complexity index is 691. The first kappa shape index (κ1) is 17.6. The quantitative estimate of drug-likeness (QED) is 0.693. The third kappa shape index (κ3) is 4.62. The average molecular weight is 330 g/mol. The maximum Gasteiger partial charge on any atom is 0.308 e. The number of benzene rings is 1. The van der Waals surface area contributed by atoms with Crippen molar-refractivity contribution in [2.75, 3.05) is 13.2 Å². The summed E-state index contributed by atoms with van der Waals surface area (Å²) in [5, 5.41) is 12.1. The smallest absolute Gasteiger partial charge is 0.308 e. The second-order valence-electron chi connectivity index (χ2n) is 5.58. The molecule has 6 heteroatoms. The molecule has 0 saturated heterocycles. The summed E-state index contributed by atoms with van der Waals surface area (Å²) < 4.78 is 5.37. The van der Waals surface area contributed by atoms with E-state index in [2.05, 4.69) is 10.3 Å². The van der Waals surface area contributed by atoms with Crippen LogP contribution in [0.2, 0.25) is 0 Å². The van der Waals surface area contributed by atoms with Crippen LogP contribution in [0.25, 0.3) is 0 Å². The van der Waals surface area contributed by atoms with E-state index in [9.17, 15) is 14.7 Å². The molecule has 1 aromatic carbocycles. The van der Waals surface area contributed by atoms with Gasteiger partial charge < -0.3 is 20.1 Å². The molecule has 1 amide bonds. The number of carbonyl (C=O) groups excluding carboxylic acids is 1. The molecule has 0 aliphatic rings. The first-order chi connectivity index (χ1) is 11.5. The van der Waals surface area contributed by atoms with Gasteiger partial charge in [-0.05, 0) is 43.5 Å². The lowest BCUT2D eigenvalue weighted by molar-refractivity contribution is -0.141. The van der Waals surface area contributed by atoms with E-state index < -0.39 is 11.9 Å². The molecular weight excluding hydrogens is 308 g/mol. The summed E-state index contributed by atoms with van der Waals surface area (Å²) >= 11 is 0. The monoisotopic (exact) mass is 330 g/mol. The number of aromatic nitrogens is 1. The highest BCUT2D eigenvalue weighted by atomic mass is 16.5. The van der Waals surface area contributed by atoms with Gasteiger partial charge in [0.1, 0.15) is 5.75 Å². The van der Waals surface area contributed by atoms with E-state index in [1.54, 1.807) is 12.4 Å². The molecule has 0 bridgehead atoms. The van der Waals surface area contributed by atoms with Crippen LogP contribution in [0, 0.1) is 12.8 Å². The van der Waals surface area contributed by atoms with E-state index in [0.29, 0.717) is 18.6 Å². The van der Waals surface area contributed by atoms with Crippen molar-refractivity contribution < 1.29 is 19.4 Å². The molecule has 1 atom stereocenters. The lowest BCUT2D eigenvalue weighted by Gasteiger charge is -2.14. The Morgan fingerprint density at radius 2 is 1.96 bits per heavy atom. The van der Waals surface area contributed by atoms with Gasteiger partial charge in [0.25, 0.3) is 5.91 Å². The fraction of sp³-hybridized carbons (Fsp3) is 0.333. The molecule has 2 aromatic rings. The SMILES string of the molecule is CCOc1ccc(CC(CNC(=O)c2c[nH]cc2C)C(=O)O)cc1. The Morgan fingerprint density at radius 3 is 2.50 bits per heavy atom. The Morgan fingerprint density at radius 1 is 1.25 bits per heavy atom. The summed E-state index contributed by atoms with van der Waals surface area (Å²) in [5.74, 6) is -1.14. The normalized spacial score (nSPS) is 11.8. The van der Waals surface area contributed by atoms with Crippen molar-refractivity contribution in [2.24, 2.45) is 5.92 Å². The van der Waals surface area contributed by atoms with Crippen molar-refractivity contribution in [3.05, 3.63) is 53.3 Å². The highest BCUT2D eigenvalue weighted by molar-refractivity contribution is 5.95. The van der Waals surface area contributed by atoms with Crippen molar-refractivity contribution in [3.63, 3.8) is 0 Å². The highest BCUT2D eigenvalue weighted by Crippen LogP contribution is 2.15. The molecule has 0 aliphatic heterocycles. The van der Waals surface area contributed by atoms with Gasteiger partial charge in [0.2, 0.25) is 0 Å². The topological polar surface area (TPSA) is 91.4 Å². The molecule has 0 spiro atoms. The molecule has 6 nitrogen and oxygen atoms in total. The molecule has 3 N–H and O–H groups in total. The van der Waals surface area contributed by atoms with Crippen molar-refractivity contribution in [3.8, 4) is 5.75 Å². The average Bonchev–Trinajstić information content (AvgIpc) is 2.99. The van der Waals surface area contributed by atoms with Gasteiger partial charge in [0, 0.05) is 18.9 Å². The van der Waals surface area contributed by atoms with Crippen molar-refractivity contribution in [1.82, 2.24) is 10.3 Å². The fourth-order valence-electron chi connectivity index (χ4n) is 2.42. The molecule has 0 aliphatic carbocycles. The van der Waals surface area contributed by atoms with Gasteiger partial charge in [-0.2, -0.15) is 0 Å². The molecule has 0 radical (unpaired) electrons. The maximum absolute atomic E-state index is 12.1. The minimum absolute atomic E-state index is 0.0754. The van der Waals surface area contributed by atoms with Crippen LogP contribution in [0.15, 0.2) is 36.7 Å². The van der Waals surface area contributed by atoms with E-state index in [0.717, 1.165) is 16.9 Å². The number of nitrogens with one attached hydrogen (secondary N) is 2. The maximum atomic E-state index is 12.1. The van der Waals surface area contributed by atoms with E-state index in [4.69, 9.17) is 4.74 Å². The van der Waals surface area contributed by atoms with Crippen LogP contribution in [0.3, 0.4) is 0 Å². The summed E-state index contributed by atoms with van der Waals surface area (Å²) in [6.07, 6.45) is 3.67. The van der Waals surface area contributed by atoms with Crippen molar-refractivity contribution in [1.29, 1.82) is 0 Å². The number of aromatic amines is 1. The number of aryl methyl sites for hydroxylation is 1. The van der Waals surface area contributed by atoms with Gasteiger partial charge in [-0.15, -0.1) is 0 Å². The minimum atomic E-state index is -0.935. The third-order valence-corrected chi connectivity index (χ3v) is 3.77. The zero-order chi connectivity index (χ0) is 17.5. The molecule has 128 valence electrons. The molecular formula is C18H22N2O4. The van der Waals surface area contributed by atoms with Gasteiger partial charge in [-0.25, -0.2) is 0 Å². The molecule has 0 saturated carbocycles. The number of aliphatic carboxylic acids is 1. The molecule has 1 aromatic heterocycles. The van der Waals surface area contributed by atoms with Gasteiger partial charge in [0.15, 0.2) is 0 Å². The van der Waals surface area contributed by atoms with E-state index >= 15 is 0 Å². The molecule has 24 heavy (non-hydrogen) atoms. The lowest BCUT2D eigenvalue weighted by atomic mass is 9.99. The fourth-order valence-corrected chi connectivity index (χ4v) is 2.42. The van der Waals surface area contributed by atoms with Crippen LogP contribution in [0.5, 0.6) is 5.75 Å². The van der Waals surface area contributed by atoms with E-state index in [1.807, 2.05) is 38.1 Å². The number of hydrogen-bond acceptors (Lipinski definition) is 3. The predicted octanol–water partition coefficient (Wildman–Crippen LogP) is 2.40. The van der Waals surface area contributed by atoms with Crippen LogP contribution in [0.1, 0.15) is 28.4 Å². The van der Waals surface area contributed by atoms with Crippen LogP contribution in [-0.2, 0) is 11.2 Å². The lowest BCUT2D eigenvalue weighted by Crippen LogP contribution is -2.34. The van der Waals surface area contributed by atoms with Crippen LogP contribution in [0.4, 0.5) is 0 Å². The summed E-state index contributed by atoms with van der Waals surface area (Å²) in [6.45, 7) is 4.39. The highest BCUT2D eigenvalue weighted by Gasteiger charge is 2.20. The zero-order valence-electron chi connectivity index (χ0n) is 13.8. The van der Waals surface area contributed by atoms with E-state index in [-0.39, 0.29) is 12.5 Å². The number of carboxylic acid groups (broad SMARTS) is 1. The van der Waals surface area contributed by atoms with Gasteiger partial charge in [-0.1, -0.05) is 12.1 Å². The van der Waals surface area contributed by atoms with Gasteiger partial charge in [0.05, 0.1) is 18.1 Å². The van der Waals surface area contributed by atoms with Crippen LogP contribution >= 0.6 is 0 Å². The Hall–Kier alpha value is -2.76. The molecule has 1 heterocycles. The first-order valence-corrected chi connectivity index (χ1v) is 7.87. The second kappa shape index (κ2) is 8.19. The van der Waals surface area contributed by atoms with Crippen LogP contribution < -0.4 is 10.1 Å². The van der Waals surface area contributed by atoms with Crippen molar-refractivity contribution >= 4 is 11.9 Å². The zero-order valence-corrected chi connectivity index (χ0v) is 13.8. The third-order valence-electron chi connectivity index (χ3n) is 3.77. The Labute approximate surface area is 140 Å². The van der Waals surface area contributed by atoms with Crippen molar-refractivity contribution in [2.45, 2.75) is 20.3 Å². The molecule has 2 rings (SSSR count). The van der Waals surface area contributed by atoms with E-state index in [1.165, 1.54) is 0 Å². The Kier molecular flexibility index (Phi) is 6.01. The molecule has 0 fully saturated rings. The standard InChI is InChI=1S/C18H22N2O4/c1-3-24-15-6-4-13(5-7-15)8-14(18(22)23)10-20-17(21)16-11-19-9-12(16)2/h4-7,9,11,14,19H,3,8,10H2,1-2H3,(H,20,21)(H,22,23). The summed E-state index contributed by atoms with van der Waals surface area (Å²) in [6, 6.07) is 7.33.